The lowest BCUT2D eigenvalue weighted by atomic mass is 10.0. The van der Waals surface area contributed by atoms with Crippen molar-refractivity contribution >= 4 is 5.82 Å². The number of pyridine rings is 1. The lowest BCUT2D eigenvalue weighted by Gasteiger charge is -2.22. The van der Waals surface area contributed by atoms with Gasteiger partial charge in [0.25, 0.3) is 0 Å². The molecule has 1 saturated carbocycles. The molecule has 0 bridgehead atoms. The Morgan fingerprint density at radius 1 is 1.20 bits per heavy atom. The molecule has 1 aliphatic heterocycles. The monoisotopic (exact) mass is 344 g/mol. The Morgan fingerprint density at radius 3 is 2.60 bits per heavy atom. The second-order valence-corrected chi connectivity index (χ2v) is 7.36. The van der Waals surface area contributed by atoms with Gasteiger partial charge in [0.2, 0.25) is 5.95 Å². The van der Waals surface area contributed by atoms with E-state index < -0.39 is 5.95 Å². The Morgan fingerprint density at radius 2 is 1.96 bits per heavy atom. The standard InChI is InChI=1S/C19H25FN4O/c1-12(2)16-11-24(14-7-9-25-10-8-14)23-18(16)15-5-6-17(22-19(15)20)21-13-3-4-13/h5-6,11-14H,3-4,7-10H2,1-2H3,(H,21,22). The normalized spacial score (nSPS) is 18.7. The highest BCUT2D eigenvalue weighted by molar-refractivity contribution is 5.64. The highest BCUT2D eigenvalue weighted by Crippen LogP contribution is 2.33. The van der Waals surface area contributed by atoms with E-state index in [0.717, 1.165) is 44.5 Å². The lowest BCUT2D eigenvalue weighted by Crippen LogP contribution is -2.20. The van der Waals surface area contributed by atoms with E-state index in [2.05, 4.69) is 30.3 Å². The Bertz CT molecular complexity index is 748. The molecule has 3 heterocycles. The van der Waals surface area contributed by atoms with Gasteiger partial charge in [-0.3, -0.25) is 4.68 Å². The van der Waals surface area contributed by atoms with Crippen LogP contribution in [0, 0.1) is 5.95 Å². The summed E-state index contributed by atoms with van der Waals surface area (Å²) in [5.74, 6) is 0.427. The lowest BCUT2D eigenvalue weighted by molar-refractivity contribution is 0.0663. The fourth-order valence-electron chi connectivity index (χ4n) is 3.30. The molecule has 6 heteroatoms. The van der Waals surface area contributed by atoms with Crippen molar-refractivity contribution in [2.24, 2.45) is 0 Å². The molecule has 25 heavy (non-hydrogen) atoms. The van der Waals surface area contributed by atoms with Crippen LogP contribution in [0.15, 0.2) is 18.3 Å². The van der Waals surface area contributed by atoms with E-state index in [1.165, 1.54) is 0 Å². The molecule has 0 spiro atoms. The Hall–Kier alpha value is -1.95. The summed E-state index contributed by atoms with van der Waals surface area (Å²) in [6.07, 6.45) is 6.25. The van der Waals surface area contributed by atoms with Gasteiger partial charge in [0, 0.05) is 31.0 Å². The van der Waals surface area contributed by atoms with E-state index in [4.69, 9.17) is 9.84 Å². The van der Waals surface area contributed by atoms with Crippen LogP contribution in [0.2, 0.25) is 0 Å². The number of halogens is 1. The smallest absolute Gasteiger partial charge is 0.224 e. The Labute approximate surface area is 147 Å². The molecule has 0 unspecified atom stereocenters. The van der Waals surface area contributed by atoms with Crippen molar-refractivity contribution in [2.75, 3.05) is 18.5 Å². The van der Waals surface area contributed by atoms with Crippen molar-refractivity contribution in [3.05, 3.63) is 29.8 Å². The number of nitrogens with one attached hydrogen (secondary N) is 1. The molecule has 0 amide bonds. The minimum atomic E-state index is -0.454. The number of ether oxygens (including phenoxy) is 1. The molecule has 1 aliphatic carbocycles. The SMILES string of the molecule is CC(C)c1cn(C2CCOCC2)nc1-c1ccc(NC2CC2)nc1F. The molecule has 1 N–H and O–H groups in total. The van der Waals surface area contributed by atoms with Crippen LogP contribution in [0.1, 0.15) is 57.1 Å². The highest BCUT2D eigenvalue weighted by Gasteiger charge is 2.24. The zero-order valence-corrected chi connectivity index (χ0v) is 14.8. The Kier molecular flexibility index (Phi) is 4.46. The fourth-order valence-corrected chi connectivity index (χ4v) is 3.30. The molecule has 1 saturated heterocycles. The fraction of sp³-hybridized carbons (Fsp3) is 0.579. The second-order valence-electron chi connectivity index (χ2n) is 7.36. The van der Waals surface area contributed by atoms with Crippen LogP contribution in [0.5, 0.6) is 0 Å². The zero-order valence-electron chi connectivity index (χ0n) is 14.8. The quantitative estimate of drug-likeness (QED) is 0.829. The van der Waals surface area contributed by atoms with E-state index in [1.807, 2.05) is 10.7 Å². The Balaban J connectivity index is 1.66. The van der Waals surface area contributed by atoms with Gasteiger partial charge in [-0.1, -0.05) is 13.8 Å². The van der Waals surface area contributed by atoms with Crippen LogP contribution in [0.3, 0.4) is 0 Å². The van der Waals surface area contributed by atoms with Crippen molar-refractivity contribution in [3.8, 4) is 11.3 Å². The molecule has 2 aliphatic rings. The van der Waals surface area contributed by atoms with Gasteiger partial charge in [0.1, 0.15) is 11.5 Å². The number of aromatic nitrogens is 3. The molecule has 0 atom stereocenters. The maximum Gasteiger partial charge on any atom is 0.224 e. The first-order valence-electron chi connectivity index (χ1n) is 9.22. The molecule has 2 aromatic heterocycles. The molecular formula is C19H25FN4O. The average molecular weight is 344 g/mol. The first kappa shape index (κ1) is 16.5. The highest BCUT2D eigenvalue weighted by atomic mass is 19.1. The van der Waals surface area contributed by atoms with Gasteiger partial charge in [-0.2, -0.15) is 9.49 Å². The maximum atomic E-state index is 14.7. The van der Waals surface area contributed by atoms with Crippen LogP contribution in [0.25, 0.3) is 11.3 Å². The van der Waals surface area contributed by atoms with Gasteiger partial charge < -0.3 is 10.1 Å². The summed E-state index contributed by atoms with van der Waals surface area (Å²) in [7, 11) is 0. The average Bonchev–Trinajstić information content (AvgIpc) is 3.30. The van der Waals surface area contributed by atoms with Crippen molar-refractivity contribution in [2.45, 2.75) is 57.5 Å². The van der Waals surface area contributed by atoms with E-state index in [-0.39, 0.29) is 5.92 Å². The third kappa shape index (κ3) is 3.54. The summed E-state index contributed by atoms with van der Waals surface area (Å²) < 4.78 is 22.1. The topological polar surface area (TPSA) is 52.0 Å². The van der Waals surface area contributed by atoms with Crippen LogP contribution in [-0.2, 0) is 4.74 Å². The molecule has 5 nitrogen and oxygen atoms in total. The maximum absolute atomic E-state index is 14.7. The van der Waals surface area contributed by atoms with Gasteiger partial charge in [-0.05, 0) is 43.7 Å². The molecular weight excluding hydrogens is 319 g/mol. The minimum Gasteiger partial charge on any atom is -0.381 e. The number of nitrogens with zero attached hydrogens (tertiary/aromatic N) is 3. The van der Waals surface area contributed by atoms with Crippen LogP contribution >= 0.6 is 0 Å². The summed E-state index contributed by atoms with van der Waals surface area (Å²) in [6.45, 7) is 5.75. The minimum absolute atomic E-state index is 0.271. The predicted molar refractivity (Wildman–Crippen MR) is 95.2 cm³/mol. The van der Waals surface area contributed by atoms with Crippen LogP contribution < -0.4 is 5.32 Å². The van der Waals surface area contributed by atoms with Gasteiger partial charge >= 0.3 is 0 Å². The predicted octanol–water partition coefficient (Wildman–Crippen LogP) is 4.13. The summed E-state index contributed by atoms with van der Waals surface area (Å²) >= 11 is 0. The molecule has 0 radical (unpaired) electrons. The van der Waals surface area contributed by atoms with Crippen molar-refractivity contribution in [1.29, 1.82) is 0 Å². The van der Waals surface area contributed by atoms with Crippen molar-refractivity contribution < 1.29 is 9.13 Å². The summed E-state index contributed by atoms with van der Waals surface area (Å²) in [5.41, 5.74) is 2.26. The number of hydrogen-bond donors (Lipinski definition) is 1. The number of rotatable bonds is 5. The molecule has 2 aromatic rings. The van der Waals surface area contributed by atoms with Crippen molar-refractivity contribution in [3.63, 3.8) is 0 Å². The van der Waals surface area contributed by atoms with E-state index in [0.29, 0.717) is 29.2 Å². The summed E-state index contributed by atoms with van der Waals surface area (Å²) in [5, 5.41) is 7.99. The number of anilines is 1. The summed E-state index contributed by atoms with van der Waals surface area (Å²) in [6, 6.07) is 4.44. The van der Waals surface area contributed by atoms with E-state index in [1.54, 1.807) is 6.07 Å². The first-order chi connectivity index (χ1) is 12.1. The molecule has 0 aromatic carbocycles. The van der Waals surface area contributed by atoms with Crippen molar-refractivity contribution in [1.82, 2.24) is 14.8 Å². The van der Waals surface area contributed by atoms with E-state index in [9.17, 15) is 4.39 Å². The third-order valence-electron chi connectivity index (χ3n) is 4.98. The van der Waals surface area contributed by atoms with Gasteiger partial charge in [0.05, 0.1) is 11.6 Å². The van der Waals surface area contributed by atoms with Gasteiger partial charge in [0.15, 0.2) is 0 Å². The third-order valence-corrected chi connectivity index (χ3v) is 4.98. The molecule has 134 valence electrons. The van der Waals surface area contributed by atoms with Gasteiger partial charge in [-0.15, -0.1) is 0 Å². The summed E-state index contributed by atoms with van der Waals surface area (Å²) in [4.78, 5) is 4.10. The zero-order chi connectivity index (χ0) is 17.4. The van der Waals surface area contributed by atoms with Gasteiger partial charge in [-0.25, -0.2) is 4.98 Å². The molecule has 2 fully saturated rings. The largest absolute Gasteiger partial charge is 0.381 e. The second kappa shape index (κ2) is 6.75. The number of hydrogen-bond acceptors (Lipinski definition) is 4. The first-order valence-corrected chi connectivity index (χ1v) is 9.22. The van der Waals surface area contributed by atoms with Crippen LogP contribution in [0.4, 0.5) is 10.2 Å². The molecule has 4 rings (SSSR count). The van der Waals surface area contributed by atoms with E-state index >= 15 is 0 Å². The van der Waals surface area contributed by atoms with Crippen LogP contribution in [-0.4, -0.2) is 34.0 Å².